The molecule has 0 atom stereocenters. The van der Waals surface area contributed by atoms with Gasteiger partial charge in [-0.1, -0.05) is 12.1 Å². The molecule has 9 heteroatoms. The second-order valence-electron chi connectivity index (χ2n) is 5.30. The maximum absolute atomic E-state index is 14.1. The molecule has 134 valence electrons. The SMILES string of the molecule is CN(C)S(=O)(=O)N(CC(=O)Nc1ccc(I)cc1)c1ccccc1F. The van der Waals surface area contributed by atoms with Crippen molar-refractivity contribution in [2.45, 2.75) is 0 Å². The predicted octanol–water partition coefficient (Wildman–Crippen LogP) is 2.68. The van der Waals surface area contributed by atoms with Gasteiger partial charge in [-0.25, -0.2) is 8.70 Å². The largest absolute Gasteiger partial charge is 0.325 e. The van der Waals surface area contributed by atoms with Gasteiger partial charge in [-0.2, -0.15) is 12.7 Å². The van der Waals surface area contributed by atoms with Crippen LogP contribution >= 0.6 is 22.6 Å². The topological polar surface area (TPSA) is 69.7 Å². The summed E-state index contributed by atoms with van der Waals surface area (Å²) in [6.45, 7) is -0.548. The maximum Gasteiger partial charge on any atom is 0.304 e. The first kappa shape index (κ1) is 19.6. The van der Waals surface area contributed by atoms with Crippen molar-refractivity contribution in [1.82, 2.24) is 4.31 Å². The van der Waals surface area contributed by atoms with Gasteiger partial charge in [0.15, 0.2) is 0 Å². The van der Waals surface area contributed by atoms with Gasteiger partial charge in [-0.15, -0.1) is 0 Å². The first-order valence-corrected chi connectivity index (χ1v) is 9.69. The molecule has 0 aliphatic rings. The predicted molar refractivity (Wildman–Crippen MR) is 104 cm³/mol. The van der Waals surface area contributed by atoms with Crippen molar-refractivity contribution in [3.05, 3.63) is 57.9 Å². The van der Waals surface area contributed by atoms with Crippen LogP contribution < -0.4 is 9.62 Å². The summed E-state index contributed by atoms with van der Waals surface area (Å²) < 4.78 is 41.8. The molecule has 0 unspecified atom stereocenters. The Morgan fingerprint density at radius 2 is 1.72 bits per heavy atom. The molecule has 1 N–H and O–H groups in total. The quantitative estimate of drug-likeness (QED) is 0.651. The van der Waals surface area contributed by atoms with Crippen molar-refractivity contribution < 1.29 is 17.6 Å². The van der Waals surface area contributed by atoms with Gasteiger partial charge in [-0.05, 0) is 59.0 Å². The molecule has 0 heterocycles. The van der Waals surface area contributed by atoms with Crippen LogP contribution in [0.15, 0.2) is 48.5 Å². The van der Waals surface area contributed by atoms with E-state index in [1.807, 2.05) is 0 Å². The molecule has 1 amide bonds. The first-order valence-electron chi connectivity index (χ1n) is 7.22. The van der Waals surface area contributed by atoms with E-state index in [0.717, 1.165) is 18.2 Å². The number of anilines is 2. The molecule has 2 aromatic carbocycles. The van der Waals surface area contributed by atoms with Gasteiger partial charge >= 0.3 is 10.2 Å². The van der Waals surface area contributed by atoms with Crippen molar-refractivity contribution in [3.63, 3.8) is 0 Å². The number of rotatable bonds is 6. The monoisotopic (exact) mass is 477 g/mol. The Hall–Kier alpha value is -1.72. The fourth-order valence-electron chi connectivity index (χ4n) is 2.01. The van der Waals surface area contributed by atoms with Gasteiger partial charge in [0, 0.05) is 23.4 Å². The number of halogens is 2. The fraction of sp³-hybridized carbons (Fsp3) is 0.188. The van der Waals surface area contributed by atoms with Gasteiger partial charge in [0.25, 0.3) is 0 Å². The third-order valence-corrected chi connectivity index (χ3v) is 5.80. The van der Waals surface area contributed by atoms with Gasteiger partial charge in [-0.3, -0.25) is 4.79 Å². The van der Waals surface area contributed by atoms with Crippen LogP contribution in [-0.2, 0) is 15.0 Å². The molecule has 25 heavy (non-hydrogen) atoms. The van der Waals surface area contributed by atoms with E-state index in [1.165, 1.54) is 32.3 Å². The summed E-state index contributed by atoms with van der Waals surface area (Å²) in [4.78, 5) is 12.3. The van der Waals surface area contributed by atoms with Crippen molar-refractivity contribution >= 4 is 50.1 Å². The van der Waals surface area contributed by atoms with E-state index >= 15 is 0 Å². The Balaban J connectivity index is 2.29. The zero-order valence-corrected chi connectivity index (χ0v) is 16.6. The van der Waals surface area contributed by atoms with Crippen LogP contribution in [0.5, 0.6) is 0 Å². The Bertz CT molecular complexity index is 857. The number of carbonyl (C=O) groups excluding carboxylic acids is 1. The highest BCUT2D eigenvalue weighted by Crippen LogP contribution is 2.23. The van der Waals surface area contributed by atoms with Crippen LogP contribution in [0, 0.1) is 9.39 Å². The van der Waals surface area contributed by atoms with Crippen molar-refractivity contribution in [1.29, 1.82) is 0 Å². The number of hydrogen-bond acceptors (Lipinski definition) is 3. The molecule has 0 fully saturated rings. The second-order valence-corrected chi connectivity index (χ2v) is 8.62. The zero-order valence-electron chi connectivity index (χ0n) is 13.6. The first-order chi connectivity index (χ1) is 11.7. The number of hydrogen-bond donors (Lipinski definition) is 1. The van der Waals surface area contributed by atoms with Gasteiger partial charge < -0.3 is 5.32 Å². The van der Waals surface area contributed by atoms with E-state index < -0.39 is 28.5 Å². The minimum absolute atomic E-state index is 0.186. The number of amides is 1. The molecule has 0 saturated carbocycles. The van der Waals surface area contributed by atoms with Crippen LogP contribution in [0.1, 0.15) is 0 Å². The lowest BCUT2D eigenvalue weighted by Gasteiger charge is -2.27. The summed E-state index contributed by atoms with van der Waals surface area (Å²) in [6.07, 6.45) is 0. The maximum atomic E-state index is 14.1. The smallest absolute Gasteiger partial charge is 0.304 e. The standard InChI is InChI=1S/C16H17FIN3O3S/c1-20(2)25(23,24)21(15-6-4-3-5-14(15)17)11-16(22)19-13-9-7-12(18)8-10-13/h3-10H,11H2,1-2H3,(H,19,22). The van der Waals surface area contributed by atoms with Gasteiger partial charge in [0.2, 0.25) is 5.91 Å². The molecule has 0 radical (unpaired) electrons. The third kappa shape index (κ3) is 4.89. The Kier molecular flexibility index (Phi) is 6.36. The van der Waals surface area contributed by atoms with E-state index in [-0.39, 0.29) is 5.69 Å². The Morgan fingerprint density at radius 1 is 1.12 bits per heavy atom. The molecule has 0 aromatic heterocycles. The van der Waals surface area contributed by atoms with E-state index in [0.29, 0.717) is 5.69 Å². The van der Waals surface area contributed by atoms with Gasteiger partial charge in [0.1, 0.15) is 12.4 Å². The molecule has 0 bridgehead atoms. The number of benzene rings is 2. The van der Waals surface area contributed by atoms with E-state index in [9.17, 15) is 17.6 Å². The minimum atomic E-state index is -4.04. The lowest BCUT2D eigenvalue weighted by molar-refractivity contribution is -0.114. The third-order valence-electron chi connectivity index (χ3n) is 3.28. The molecule has 0 spiro atoms. The molecule has 0 aliphatic carbocycles. The molecule has 0 saturated heterocycles. The second kappa shape index (κ2) is 8.11. The number of carbonyl (C=O) groups is 1. The zero-order chi connectivity index (χ0) is 18.6. The normalized spacial score (nSPS) is 11.4. The lowest BCUT2D eigenvalue weighted by Crippen LogP contribution is -2.44. The van der Waals surface area contributed by atoms with Crippen molar-refractivity contribution in [3.8, 4) is 0 Å². The summed E-state index contributed by atoms with van der Waals surface area (Å²) in [6, 6.07) is 12.4. The molecule has 0 aliphatic heterocycles. The average molecular weight is 477 g/mol. The molecule has 2 rings (SSSR count). The average Bonchev–Trinajstić information content (AvgIpc) is 2.55. The van der Waals surface area contributed by atoms with E-state index in [1.54, 1.807) is 24.3 Å². The van der Waals surface area contributed by atoms with Gasteiger partial charge in [0.05, 0.1) is 5.69 Å². The van der Waals surface area contributed by atoms with Crippen LogP contribution in [0.4, 0.5) is 15.8 Å². The van der Waals surface area contributed by atoms with Crippen LogP contribution in [0.2, 0.25) is 0 Å². The molecule has 2 aromatic rings. The van der Waals surface area contributed by atoms with E-state index in [4.69, 9.17) is 0 Å². The summed E-state index contributed by atoms with van der Waals surface area (Å²) in [5, 5.41) is 2.61. The minimum Gasteiger partial charge on any atom is -0.325 e. The Labute approximate surface area is 160 Å². The summed E-state index contributed by atoms with van der Waals surface area (Å²) >= 11 is 2.13. The van der Waals surface area contributed by atoms with Crippen LogP contribution in [0.3, 0.4) is 0 Å². The van der Waals surface area contributed by atoms with Crippen molar-refractivity contribution in [2.24, 2.45) is 0 Å². The number of para-hydroxylation sites is 1. The van der Waals surface area contributed by atoms with Crippen LogP contribution in [0.25, 0.3) is 0 Å². The highest BCUT2D eigenvalue weighted by atomic mass is 127. The van der Waals surface area contributed by atoms with E-state index in [2.05, 4.69) is 27.9 Å². The molecule has 6 nitrogen and oxygen atoms in total. The van der Waals surface area contributed by atoms with Crippen LogP contribution in [-0.4, -0.2) is 39.3 Å². The highest BCUT2D eigenvalue weighted by molar-refractivity contribution is 14.1. The number of nitrogens with zero attached hydrogens (tertiary/aromatic N) is 2. The van der Waals surface area contributed by atoms with Crippen molar-refractivity contribution in [2.75, 3.05) is 30.3 Å². The lowest BCUT2D eigenvalue weighted by atomic mass is 10.3. The number of nitrogens with one attached hydrogen (secondary N) is 1. The summed E-state index contributed by atoms with van der Waals surface area (Å²) in [5.74, 6) is -1.30. The highest BCUT2D eigenvalue weighted by Gasteiger charge is 2.29. The summed E-state index contributed by atoms with van der Waals surface area (Å²) in [5.41, 5.74) is 0.343. The molecular weight excluding hydrogens is 460 g/mol. The molecular formula is C16H17FIN3O3S. The summed E-state index contributed by atoms with van der Waals surface area (Å²) in [7, 11) is -1.40. The fourth-order valence-corrected chi connectivity index (χ4v) is 3.44. The Morgan fingerprint density at radius 3 is 2.28 bits per heavy atom.